The highest BCUT2D eigenvalue weighted by molar-refractivity contribution is 14.1. The van der Waals surface area contributed by atoms with E-state index in [9.17, 15) is 9.59 Å². The minimum absolute atomic E-state index is 0.0121. The zero-order valence-corrected chi connectivity index (χ0v) is 10.6. The van der Waals surface area contributed by atoms with Crippen molar-refractivity contribution in [2.45, 2.75) is 6.42 Å². The number of hydrogen-bond acceptors (Lipinski definition) is 2. The number of halogens is 2. The Labute approximate surface area is 106 Å². The van der Waals surface area contributed by atoms with Crippen LogP contribution in [0.4, 0.5) is 5.69 Å². The van der Waals surface area contributed by atoms with Gasteiger partial charge < -0.3 is 4.90 Å². The second-order valence-electron chi connectivity index (χ2n) is 3.29. The number of rotatable bonds is 1. The Balaban J connectivity index is 2.41. The molecule has 15 heavy (non-hydrogen) atoms. The molecule has 3 nitrogen and oxygen atoms in total. The van der Waals surface area contributed by atoms with Crippen molar-refractivity contribution in [2.75, 3.05) is 11.4 Å². The molecule has 1 aliphatic heterocycles. The van der Waals surface area contributed by atoms with Crippen LogP contribution in [0.5, 0.6) is 0 Å². The maximum Gasteiger partial charge on any atom is 0.234 e. The van der Waals surface area contributed by atoms with Gasteiger partial charge in [-0.2, -0.15) is 0 Å². The summed E-state index contributed by atoms with van der Waals surface area (Å²) in [6.07, 6.45) is -0.0121. The number of ketones is 1. The predicted octanol–water partition coefficient (Wildman–Crippen LogP) is 2.25. The molecule has 1 aromatic rings. The van der Waals surface area contributed by atoms with Crippen LogP contribution in [0.15, 0.2) is 18.2 Å². The maximum absolute atomic E-state index is 11.5. The molecule has 0 aromatic heterocycles. The third-order valence-corrected chi connectivity index (χ3v) is 3.17. The highest BCUT2D eigenvalue weighted by Gasteiger charge is 2.29. The van der Waals surface area contributed by atoms with Crippen LogP contribution in [0.1, 0.15) is 6.42 Å². The van der Waals surface area contributed by atoms with E-state index in [2.05, 4.69) is 22.6 Å². The topological polar surface area (TPSA) is 37.4 Å². The van der Waals surface area contributed by atoms with Crippen LogP contribution in [0, 0.1) is 3.57 Å². The lowest BCUT2D eigenvalue weighted by Gasteiger charge is -2.16. The molecule has 1 saturated heterocycles. The zero-order valence-electron chi connectivity index (χ0n) is 7.67. The molecule has 0 atom stereocenters. The summed E-state index contributed by atoms with van der Waals surface area (Å²) in [5.74, 6) is -0.237. The molecule has 0 unspecified atom stereocenters. The first kappa shape index (κ1) is 10.9. The minimum Gasteiger partial charge on any atom is -0.303 e. The fourth-order valence-corrected chi connectivity index (χ4v) is 2.19. The summed E-state index contributed by atoms with van der Waals surface area (Å²) in [5, 5.41) is 0.499. The first-order valence-corrected chi connectivity index (χ1v) is 5.81. The molecule has 2 rings (SSSR count). The lowest BCUT2D eigenvalue weighted by molar-refractivity contribution is -0.121. The standard InChI is InChI=1S/C10H7ClINO2/c11-8-2-1-6(12)3-9(8)13-5-7(14)4-10(13)15/h1-3H,4-5H2. The molecule has 0 saturated carbocycles. The number of carbonyl (C=O) groups excluding carboxylic acids is 2. The van der Waals surface area contributed by atoms with E-state index in [4.69, 9.17) is 11.6 Å². The normalized spacial score (nSPS) is 16.3. The number of carbonyl (C=O) groups is 2. The zero-order chi connectivity index (χ0) is 11.0. The summed E-state index contributed by atoms with van der Waals surface area (Å²) in [4.78, 5) is 24.1. The Morgan fingerprint density at radius 1 is 1.33 bits per heavy atom. The molecule has 0 N–H and O–H groups in total. The summed E-state index contributed by atoms with van der Waals surface area (Å²) < 4.78 is 0.985. The number of anilines is 1. The van der Waals surface area contributed by atoms with Gasteiger partial charge in [-0.05, 0) is 40.8 Å². The van der Waals surface area contributed by atoms with Gasteiger partial charge in [0.25, 0.3) is 0 Å². The Morgan fingerprint density at radius 3 is 2.67 bits per heavy atom. The second-order valence-corrected chi connectivity index (χ2v) is 4.94. The Bertz CT molecular complexity index is 447. The van der Waals surface area contributed by atoms with Crippen LogP contribution in [0.2, 0.25) is 5.02 Å². The van der Waals surface area contributed by atoms with Crippen LogP contribution in [-0.2, 0) is 9.59 Å². The smallest absolute Gasteiger partial charge is 0.234 e. The molecule has 5 heteroatoms. The van der Waals surface area contributed by atoms with E-state index < -0.39 is 0 Å². The van der Waals surface area contributed by atoms with Gasteiger partial charge in [0.2, 0.25) is 5.91 Å². The lowest BCUT2D eigenvalue weighted by atomic mass is 10.3. The van der Waals surface area contributed by atoms with Crippen molar-refractivity contribution in [3.05, 3.63) is 26.8 Å². The predicted molar refractivity (Wildman–Crippen MR) is 66.1 cm³/mol. The number of benzene rings is 1. The fourth-order valence-electron chi connectivity index (χ4n) is 1.50. The van der Waals surface area contributed by atoms with E-state index in [1.54, 1.807) is 12.1 Å². The molecule has 1 aliphatic rings. The monoisotopic (exact) mass is 335 g/mol. The van der Waals surface area contributed by atoms with Crippen molar-refractivity contribution in [3.63, 3.8) is 0 Å². The van der Waals surface area contributed by atoms with E-state index in [0.29, 0.717) is 10.7 Å². The van der Waals surface area contributed by atoms with E-state index in [0.717, 1.165) is 3.57 Å². The summed E-state index contributed by atoms with van der Waals surface area (Å²) >= 11 is 8.12. The Hall–Kier alpha value is -0.620. The van der Waals surface area contributed by atoms with E-state index in [1.807, 2.05) is 6.07 Å². The number of hydrogen-bond donors (Lipinski definition) is 0. The van der Waals surface area contributed by atoms with Gasteiger partial charge in [0.1, 0.15) is 0 Å². The van der Waals surface area contributed by atoms with Gasteiger partial charge in [-0.3, -0.25) is 9.59 Å². The average molecular weight is 336 g/mol. The van der Waals surface area contributed by atoms with Crippen molar-refractivity contribution >= 4 is 51.6 Å². The highest BCUT2D eigenvalue weighted by atomic mass is 127. The molecular weight excluding hydrogens is 328 g/mol. The lowest BCUT2D eigenvalue weighted by Crippen LogP contribution is -2.24. The highest BCUT2D eigenvalue weighted by Crippen LogP contribution is 2.29. The summed E-state index contributed by atoms with van der Waals surface area (Å²) in [5.41, 5.74) is 0.624. The van der Waals surface area contributed by atoms with Crippen LogP contribution in [-0.4, -0.2) is 18.2 Å². The maximum atomic E-state index is 11.5. The average Bonchev–Trinajstić information content (AvgIpc) is 2.50. The van der Waals surface area contributed by atoms with Crippen molar-refractivity contribution < 1.29 is 9.59 Å². The SMILES string of the molecule is O=C1CC(=O)N(c2cc(I)ccc2Cl)C1. The van der Waals surface area contributed by atoms with Gasteiger partial charge in [0.15, 0.2) is 5.78 Å². The van der Waals surface area contributed by atoms with Gasteiger partial charge >= 0.3 is 0 Å². The fraction of sp³-hybridized carbons (Fsp3) is 0.200. The summed E-state index contributed by atoms with van der Waals surface area (Å²) in [7, 11) is 0. The van der Waals surface area contributed by atoms with Gasteiger partial charge in [-0.15, -0.1) is 0 Å². The molecule has 1 aromatic carbocycles. The van der Waals surface area contributed by atoms with Gasteiger partial charge in [0.05, 0.1) is 23.7 Å². The third-order valence-electron chi connectivity index (χ3n) is 2.18. The second kappa shape index (κ2) is 4.09. The summed E-state index contributed by atoms with van der Waals surface area (Å²) in [6.45, 7) is 0.138. The molecule has 0 radical (unpaired) electrons. The Morgan fingerprint density at radius 2 is 2.07 bits per heavy atom. The van der Waals surface area contributed by atoms with Crippen LogP contribution >= 0.6 is 34.2 Å². The van der Waals surface area contributed by atoms with Crippen molar-refractivity contribution in [1.82, 2.24) is 0 Å². The Kier molecular flexibility index (Phi) is 2.97. The van der Waals surface area contributed by atoms with Crippen LogP contribution in [0.25, 0.3) is 0 Å². The van der Waals surface area contributed by atoms with E-state index in [-0.39, 0.29) is 24.7 Å². The molecular formula is C10H7ClINO2. The molecule has 1 heterocycles. The minimum atomic E-state index is -0.177. The third kappa shape index (κ3) is 2.15. The molecule has 78 valence electrons. The van der Waals surface area contributed by atoms with Crippen molar-refractivity contribution in [2.24, 2.45) is 0 Å². The molecule has 0 spiro atoms. The summed E-state index contributed by atoms with van der Waals surface area (Å²) in [6, 6.07) is 5.39. The van der Waals surface area contributed by atoms with E-state index in [1.165, 1.54) is 4.90 Å². The van der Waals surface area contributed by atoms with Crippen molar-refractivity contribution in [3.8, 4) is 0 Å². The molecule has 0 bridgehead atoms. The van der Waals surface area contributed by atoms with Crippen LogP contribution in [0.3, 0.4) is 0 Å². The number of nitrogens with zero attached hydrogens (tertiary/aromatic N) is 1. The molecule has 1 amide bonds. The van der Waals surface area contributed by atoms with Crippen LogP contribution < -0.4 is 4.90 Å². The van der Waals surface area contributed by atoms with Gasteiger partial charge in [0, 0.05) is 3.57 Å². The quantitative estimate of drug-likeness (QED) is 0.583. The van der Waals surface area contributed by atoms with Gasteiger partial charge in [-0.25, -0.2) is 0 Å². The first-order valence-electron chi connectivity index (χ1n) is 4.35. The van der Waals surface area contributed by atoms with E-state index >= 15 is 0 Å². The largest absolute Gasteiger partial charge is 0.303 e. The number of Topliss-reactive ketones (excluding diaryl/α,β-unsaturated/α-hetero) is 1. The first-order chi connectivity index (χ1) is 7.08. The van der Waals surface area contributed by atoms with Gasteiger partial charge in [-0.1, -0.05) is 11.6 Å². The molecule has 0 aliphatic carbocycles. The number of amides is 1. The molecule has 1 fully saturated rings. The van der Waals surface area contributed by atoms with Crippen molar-refractivity contribution in [1.29, 1.82) is 0 Å².